The summed E-state index contributed by atoms with van der Waals surface area (Å²) in [6.45, 7) is 5.50. The molecule has 1 aliphatic heterocycles. The Kier molecular flexibility index (Phi) is 10.9. The number of anilines is 2. The molecule has 0 bridgehead atoms. The van der Waals surface area contributed by atoms with Crippen LogP contribution in [-0.4, -0.2) is 40.6 Å². The van der Waals surface area contributed by atoms with Crippen molar-refractivity contribution < 1.29 is 53.8 Å². The highest BCUT2D eigenvalue weighted by Crippen LogP contribution is 2.43. The van der Waals surface area contributed by atoms with Gasteiger partial charge in [0.2, 0.25) is 0 Å². The number of carbonyl (C=O) groups is 1. The summed E-state index contributed by atoms with van der Waals surface area (Å²) in [6, 6.07) is 2.91. The number of tetrazole rings is 1. The molecule has 2 unspecified atom stereocenters. The van der Waals surface area contributed by atoms with Gasteiger partial charge in [0.1, 0.15) is 6.54 Å². The van der Waals surface area contributed by atoms with E-state index in [1.807, 2.05) is 0 Å². The lowest BCUT2D eigenvalue weighted by molar-refractivity contribution is -0.802. The summed E-state index contributed by atoms with van der Waals surface area (Å²) in [5.41, 5.74) is 1.62. The normalized spacial score (nSPS) is 16.8. The van der Waals surface area contributed by atoms with Gasteiger partial charge in [-0.3, -0.25) is 4.79 Å². The molecular weight excluding hydrogens is 625 g/mol. The lowest BCUT2D eigenvalue weighted by Gasteiger charge is -2.37. The molecule has 4 rings (SSSR count). The van der Waals surface area contributed by atoms with Crippen molar-refractivity contribution in [2.75, 3.05) is 16.8 Å². The maximum atomic E-state index is 13.5. The fraction of sp³-hybridized carbons (Fsp3) is 0.481. The maximum absolute atomic E-state index is 13.5. The zero-order valence-corrected chi connectivity index (χ0v) is 24.2. The number of fused-ring (bicyclic) bond motifs is 1. The molecule has 18 heteroatoms. The fourth-order valence-corrected chi connectivity index (χ4v) is 4.57. The van der Waals surface area contributed by atoms with Gasteiger partial charge >= 0.3 is 24.5 Å². The number of alkyl halides is 9. The van der Waals surface area contributed by atoms with Crippen LogP contribution in [0.1, 0.15) is 61.1 Å². The van der Waals surface area contributed by atoms with E-state index in [0.717, 1.165) is 12.1 Å². The largest absolute Gasteiger partial charge is 0.465 e. The number of hydrogen-bond donors (Lipinski definition) is 3. The highest BCUT2D eigenvalue weighted by molar-refractivity contribution is 5.59. The highest BCUT2D eigenvalue weighted by atomic mass is 19.4. The smallest absolute Gasteiger partial charge is 0.416 e. The van der Waals surface area contributed by atoms with E-state index in [4.69, 9.17) is 5.73 Å². The van der Waals surface area contributed by atoms with E-state index >= 15 is 0 Å². The molecular formula is C27H31F9N7O2+. The number of H-pyrrole nitrogens is 1. The predicted molar refractivity (Wildman–Crippen MR) is 142 cm³/mol. The van der Waals surface area contributed by atoms with E-state index < -0.39 is 47.8 Å². The Morgan fingerprint density at radius 1 is 1.00 bits per heavy atom. The number of nitrogens with one attached hydrogen (secondary N) is 2. The number of nitrogens with zero attached hydrogens (tertiary/aromatic N) is 4. The third-order valence-electron chi connectivity index (χ3n) is 6.49. The van der Waals surface area contributed by atoms with E-state index in [1.54, 1.807) is 20.8 Å². The van der Waals surface area contributed by atoms with Gasteiger partial charge in [-0.25, -0.2) is 0 Å². The van der Waals surface area contributed by atoms with Crippen LogP contribution in [0.15, 0.2) is 36.4 Å². The number of carbonyl (C=O) groups excluding carboxylic acids is 1. The third kappa shape index (κ3) is 9.45. The maximum Gasteiger partial charge on any atom is 0.416 e. The van der Waals surface area contributed by atoms with Gasteiger partial charge in [0.25, 0.3) is 6.47 Å². The molecule has 0 radical (unpaired) electrons. The Hall–Kier alpha value is -4.09. The van der Waals surface area contributed by atoms with Crippen LogP contribution in [0.3, 0.4) is 0 Å². The first kappa shape index (κ1) is 35.4. The summed E-state index contributed by atoms with van der Waals surface area (Å²) in [4.78, 5) is 11.9. The van der Waals surface area contributed by atoms with E-state index in [0.29, 0.717) is 24.3 Å². The van der Waals surface area contributed by atoms with E-state index in [1.165, 1.54) is 15.8 Å². The fourth-order valence-electron chi connectivity index (χ4n) is 4.57. The minimum atomic E-state index is -5.08. The molecule has 4 N–H and O–H groups in total. The van der Waals surface area contributed by atoms with Crippen molar-refractivity contribution >= 4 is 18.1 Å². The number of aromatic nitrogens is 4. The zero-order chi connectivity index (χ0) is 33.7. The molecule has 1 aliphatic rings. The SMILES string of the molecule is CC(C)OC=O.CC1CC(N(Cc2cc(C(F)(F)F)cc(C(F)(F)F)c2)c2n[nH][n+](CCN)n2)c2cc(C(F)(F)F)ccc2N1. The number of benzene rings is 2. The topological polar surface area (TPSA) is 113 Å². The van der Waals surface area contributed by atoms with Crippen molar-refractivity contribution in [3.8, 4) is 0 Å². The van der Waals surface area contributed by atoms with Gasteiger partial charge in [0.05, 0.1) is 33.9 Å². The first-order chi connectivity index (χ1) is 20.8. The molecule has 248 valence electrons. The molecule has 0 aliphatic carbocycles. The lowest BCUT2D eigenvalue weighted by Crippen LogP contribution is -2.43. The summed E-state index contributed by atoms with van der Waals surface area (Å²) in [7, 11) is 0. The van der Waals surface area contributed by atoms with Crippen molar-refractivity contribution in [3.63, 3.8) is 0 Å². The van der Waals surface area contributed by atoms with Crippen molar-refractivity contribution in [1.82, 2.24) is 15.4 Å². The molecule has 0 saturated heterocycles. The number of hydrogen-bond acceptors (Lipinski definition) is 7. The Labute approximate surface area is 251 Å². The van der Waals surface area contributed by atoms with Gasteiger partial charge < -0.3 is 20.7 Å². The predicted octanol–water partition coefficient (Wildman–Crippen LogP) is 5.63. The van der Waals surface area contributed by atoms with Gasteiger partial charge in [-0.1, -0.05) is 4.80 Å². The first-order valence-electron chi connectivity index (χ1n) is 13.5. The molecule has 2 heterocycles. The summed E-state index contributed by atoms with van der Waals surface area (Å²) in [5.74, 6) is -0.142. The molecule has 3 aromatic rings. The Morgan fingerprint density at radius 3 is 2.09 bits per heavy atom. The number of rotatable bonds is 8. The van der Waals surface area contributed by atoms with Crippen LogP contribution >= 0.6 is 0 Å². The van der Waals surface area contributed by atoms with Crippen LogP contribution < -0.4 is 20.7 Å². The second kappa shape index (κ2) is 13.9. The average Bonchev–Trinajstić information content (AvgIpc) is 3.38. The Balaban J connectivity index is 0.000000838. The van der Waals surface area contributed by atoms with Crippen LogP contribution in [0, 0.1) is 0 Å². The molecule has 1 aromatic heterocycles. The van der Waals surface area contributed by atoms with Gasteiger partial charge in [-0.05, 0) is 79.9 Å². The number of aromatic amines is 1. The second-order valence-electron chi connectivity index (χ2n) is 10.4. The quantitative estimate of drug-likeness (QED) is 0.164. The van der Waals surface area contributed by atoms with Crippen molar-refractivity contribution in [3.05, 3.63) is 64.2 Å². The van der Waals surface area contributed by atoms with E-state index in [2.05, 4.69) is 25.5 Å². The number of halogens is 9. The Morgan fingerprint density at radius 2 is 1.60 bits per heavy atom. The van der Waals surface area contributed by atoms with E-state index in [9.17, 15) is 44.3 Å². The van der Waals surface area contributed by atoms with Crippen molar-refractivity contribution in [2.45, 2.75) is 77.0 Å². The standard InChI is InChI=1S/C23H22F9N7.C4H8O2/c1-12-6-19(17-10-14(21(24,25)26)2-3-18(17)34-12)38(20-35-37-39(36-20)5-4-33)11-13-7-15(22(27,28)29)9-16(8-13)23(30,31)32;1-4(2)6-3-5/h2-3,7-10,12,19,34H,4-6,11,33H2,1H3;3-4H,1-2H3/p+1. The second-order valence-corrected chi connectivity index (χ2v) is 10.4. The van der Waals surface area contributed by atoms with E-state index in [-0.39, 0.29) is 54.8 Å². The minimum Gasteiger partial charge on any atom is -0.465 e. The van der Waals surface area contributed by atoms with Crippen LogP contribution in [0.2, 0.25) is 0 Å². The van der Waals surface area contributed by atoms with Gasteiger partial charge in [0.15, 0.2) is 0 Å². The molecule has 2 atom stereocenters. The number of ether oxygens (including phenoxy) is 1. The summed E-state index contributed by atoms with van der Waals surface area (Å²) >= 11 is 0. The highest BCUT2D eigenvalue weighted by Gasteiger charge is 2.40. The molecule has 0 amide bonds. The monoisotopic (exact) mass is 656 g/mol. The Bertz CT molecular complexity index is 1410. The third-order valence-corrected chi connectivity index (χ3v) is 6.49. The van der Waals surface area contributed by atoms with Gasteiger partial charge in [-0.15, -0.1) is 0 Å². The summed E-state index contributed by atoms with van der Waals surface area (Å²) in [5, 5.41) is 13.8. The van der Waals surface area contributed by atoms with Crippen molar-refractivity contribution in [2.24, 2.45) is 5.73 Å². The average molecular weight is 657 g/mol. The van der Waals surface area contributed by atoms with Crippen LogP contribution in [0.4, 0.5) is 51.1 Å². The van der Waals surface area contributed by atoms with Crippen molar-refractivity contribution in [1.29, 1.82) is 0 Å². The molecule has 2 aromatic carbocycles. The van der Waals surface area contributed by atoms with Crippen LogP contribution in [0.5, 0.6) is 0 Å². The van der Waals surface area contributed by atoms with Crippen LogP contribution in [-0.2, 0) is 41.1 Å². The zero-order valence-electron chi connectivity index (χ0n) is 24.2. The molecule has 0 saturated carbocycles. The minimum absolute atomic E-state index is 0.00729. The molecule has 9 nitrogen and oxygen atoms in total. The van der Waals surface area contributed by atoms with Gasteiger partial charge in [0, 0.05) is 29.9 Å². The summed E-state index contributed by atoms with van der Waals surface area (Å²) < 4.78 is 126. The molecule has 0 fully saturated rings. The molecule has 45 heavy (non-hydrogen) atoms. The lowest BCUT2D eigenvalue weighted by atomic mass is 9.90. The number of nitrogens with two attached hydrogens (primary N) is 1. The van der Waals surface area contributed by atoms with Gasteiger partial charge in [-0.2, -0.15) is 39.5 Å². The van der Waals surface area contributed by atoms with Crippen LogP contribution in [0.25, 0.3) is 0 Å². The summed E-state index contributed by atoms with van der Waals surface area (Å²) in [6.07, 6.45) is -14.7. The molecule has 0 spiro atoms. The first-order valence-corrected chi connectivity index (χ1v) is 13.5.